The first kappa shape index (κ1) is 25.7. The Morgan fingerprint density at radius 2 is 1.71 bits per heavy atom. The zero-order valence-corrected chi connectivity index (χ0v) is 20.3. The summed E-state index contributed by atoms with van der Waals surface area (Å²) in [7, 11) is 2.07. The number of nitrogens with two attached hydrogens (primary N) is 2. The van der Waals surface area contributed by atoms with Crippen LogP contribution in [0.4, 0.5) is 14.9 Å². The number of piperidine rings is 1. The van der Waals surface area contributed by atoms with Crippen LogP contribution in [0.3, 0.4) is 0 Å². The van der Waals surface area contributed by atoms with Crippen LogP contribution in [0.25, 0.3) is 0 Å². The van der Waals surface area contributed by atoms with Crippen LogP contribution in [0.5, 0.6) is 0 Å². The van der Waals surface area contributed by atoms with Crippen LogP contribution >= 0.6 is 0 Å². The number of carbonyl (C=O) groups is 2. The molecule has 3 fully saturated rings. The smallest absolute Gasteiger partial charge is 0.320 e. The van der Waals surface area contributed by atoms with E-state index in [9.17, 15) is 14.0 Å². The molecule has 0 radical (unpaired) electrons. The van der Waals surface area contributed by atoms with Gasteiger partial charge in [0.25, 0.3) is 0 Å². The van der Waals surface area contributed by atoms with Crippen LogP contribution in [-0.2, 0) is 4.79 Å². The van der Waals surface area contributed by atoms with Gasteiger partial charge in [-0.1, -0.05) is 0 Å². The second-order valence-electron chi connectivity index (χ2n) is 9.78. The first-order chi connectivity index (χ1) is 16.8. The maximum Gasteiger partial charge on any atom is 0.320 e. The van der Waals surface area contributed by atoms with Gasteiger partial charge in [0.2, 0.25) is 5.91 Å². The topological polar surface area (TPSA) is 145 Å². The van der Waals surface area contributed by atoms with E-state index in [0.29, 0.717) is 18.8 Å². The molecule has 0 saturated carbocycles. The fraction of sp³-hybridized carbons (Fsp3) is 0.696. The molecule has 0 spiro atoms. The van der Waals surface area contributed by atoms with Crippen molar-refractivity contribution in [2.24, 2.45) is 17.4 Å². The maximum absolute atomic E-state index is 13.5. The number of carbonyl (C=O) groups excluding carboxylic acids is 2. The van der Waals surface area contributed by atoms with Gasteiger partial charge in [-0.05, 0) is 37.4 Å². The van der Waals surface area contributed by atoms with Gasteiger partial charge in [-0.3, -0.25) is 20.4 Å². The Morgan fingerprint density at radius 3 is 2.34 bits per heavy atom. The van der Waals surface area contributed by atoms with Crippen LogP contribution < -0.4 is 27.4 Å². The zero-order chi connectivity index (χ0) is 24.9. The van der Waals surface area contributed by atoms with E-state index in [1.54, 1.807) is 12.4 Å². The number of hydrogen-bond acceptors (Lipinski definition) is 8. The monoisotopic (exact) mass is 491 g/mol. The van der Waals surface area contributed by atoms with E-state index in [2.05, 4.69) is 32.9 Å². The van der Waals surface area contributed by atoms with E-state index in [0.717, 1.165) is 44.6 Å². The molecular formula is C23H38FN9O2. The van der Waals surface area contributed by atoms with E-state index in [1.807, 2.05) is 15.9 Å². The number of nitrogens with zero attached hydrogens (tertiary/aromatic N) is 4. The lowest BCUT2D eigenvalue weighted by atomic mass is 9.89. The highest BCUT2D eigenvalue weighted by atomic mass is 19.1. The standard InChI is InChI=1S/C23H38FN9O2/c1-31-8-10-33(11-9-31)23(35)32-6-3-15(4-7-32)17-2-5-27-14-18(17)30-22(34)19(20(25)26)21-28-12-16(24)13-29-21/h2,5,14-16,19-21,28-29H,3-4,6-13,25-26H2,1H3,(H,30,34). The fourth-order valence-electron chi connectivity index (χ4n) is 5.12. The fourth-order valence-corrected chi connectivity index (χ4v) is 5.12. The van der Waals surface area contributed by atoms with Gasteiger partial charge in [0.15, 0.2) is 0 Å². The molecule has 3 aliphatic heterocycles. The minimum Gasteiger partial charge on any atom is -0.325 e. The third kappa shape index (κ3) is 6.25. The molecule has 0 bridgehead atoms. The summed E-state index contributed by atoms with van der Waals surface area (Å²) in [6.07, 6.45) is 2.47. The average Bonchev–Trinajstić information content (AvgIpc) is 2.86. The lowest BCUT2D eigenvalue weighted by molar-refractivity contribution is -0.122. The quantitative estimate of drug-likeness (QED) is 0.340. The lowest BCUT2D eigenvalue weighted by Gasteiger charge is -2.39. The van der Waals surface area contributed by atoms with Crippen LogP contribution in [0.1, 0.15) is 24.3 Å². The van der Waals surface area contributed by atoms with Crippen molar-refractivity contribution in [1.82, 2.24) is 30.3 Å². The highest BCUT2D eigenvalue weighted by Gasteiger charge is 2.36. The highest BCUT2D eigenvalue weighted by molar-refractivity contribution is 5.94. The number of rotatable bonds is 5. The molecule has 0 aromatic carbocycles. The van der Waals surface area contributed by atoms with E-state index in [-0.39, 0.29) is 30.9 Å². The minimum atomic E-state index is -1.03. The van der Waals surface area contributed by atoms with Crippen LogP contribution in [-0.4, -0.2) is 110 Å². The van der Waals surface area contributed by atoms with Gasteiger partial charge in [-0.15, -0.1) is 0 Å². The van der Waals surface area contributed by atoms with Crippen molar-refractivity contribution in [2.45, 2.75) is 37.3 Å². The average molecular weight is 492 g/mol. The van der Waals surface area contributed by atoms with Crippen LogP contribution in [0, 0.1) is 5.92 Å². The van der Waals surface area contributed by atoms with Gasteiger partial charge in [0.05, 0.1) is 30.1 Å². The van der Waals surface area contributed by atoms with Gasteiger partial charge in [0.1, 0.15) is 6.17 Å². The number of piperazine rings is 1. The SMILES string of the molecule is CN1CCN(C(=O)N2CCC(c3ccncc3NC(=O)C(C(N)N)C3NCC(F)CN3)CC2)CC1. The Kier molecular flexibility index (Phi) is 8.50. The molecule has 1 aromatic heterocycles. The molecule has 3 saturated heterocycles. The first-order valence-corrected chi connectivity index (χ1v) is 12.4. The molecule has 1 unspecified atom stereocenters. The molecule has 12 heteroatoms. The van der Waals surface area contributed by atoms with E-state index in [1.165, 1.54) is 0 Å². The highest BCUT2D eigenvalue weighted by Crippen LogP contribution is 2.33. The summed E-state index contributed by atoms with van der Waals surface area (Å²) >= 11 is 0. The molecule has 3 amide bonds. The van der Waals surface area contributed by atoms with Crippen molar-refractivity contribution in [3.05, 3.63) is 24.0 Å². The number of anilines is 1. The van der Waals surface area contributed by atoms with Crippen molar-refractivity contribution < 1.29 is 14.0 Å². The van der Waals surface area contributed by atoms with Gasteiger partial charge < -0.3 is 31.5 Å². The Hall–Kier alpha value is -2.38. The Balaban J connectivity index is 1.37. The Labute approximate surface area is 205 Å². The number of alkyl halides is 1. The number of nitrogens with one attached hydrogen (secondary N) is 3. The molecule has 3 aliphatic rings. The molecule has 1 aromatic rings. The predicted molar refractivity (Wildman–Crippen MR) is 131 cm³/mol. The summed E-state index contributed by atoms with van der Waals surface area (Å²) in [6, 6.07) is 2.03. The minimum absolute atomic E-state index is 0.114. The molecular weight excluding hydrogens is 453 g/mol. The number of hydrogen-bond donors (Lipinski definition) is 5. The van der Waals surface area contributed by atoms with Gasteiger partial charge in [-0.2, -0.15) is 0 Å². The van der Waals surface area contributed by atoms with E-state index in [4.69, 9.17) is 11.5 Å². The molecule has 4 rings (SSSR count). The summed E-state index contributed by atoms with van der Waals surface area (Å²) in [5.74, 6) is -0.953. The molecule has 4 heterocycles. The van der Waals surface area contributed by atoms with Crippen LogP contribution in [0.2, 0.25) is 0 Å². The normalized spacial score (nSPS) is 25.5. The molecule has 7 N–H and O–H groups in total. The van der Waals surface area contributed by atoms with Crippen molar-refractivity contribution in [1.29, 1.82) is 0 Å². The number of aromatic nitrogens is 1. The second-order valence-corrected chi connectivity index (χ2v) is 9.78. The number of pyridine rings is 1. The van der Waals surface area contributed by atoms with Crippen molar-refractivity contribution in [2.75, 3.05) is 64.7 Å². The number of likely N-dealkylation sites (N-methyl/N-ethyl adjacent to an activating group) is 1. The zero-order valence-electron chi connectivity index (χ0n) is 20.3. The van der Waals surface area contributed by atoms with Gasteiger partial charge >= 0.3 is 6.03 Å². The Morgan fingerprint density at radius 1 is 1.09 bits per heavy atom. The van der Waals surface area contributed by atoms with Crippen LogP contribution in [0.15, 0.2) is 18.5 Å². The summed E-state index contributed by atoms with van der Waals surface area (Å²) in [5.41, 5.74) is 13.5. The molecule has 0 aliphatic carbocycles. The molecule has 194 valence electrons. The van der Waals surface area contributed by atoms with Crippen molar-refractivity contribution in [3.8, 4) is 0 Å². The maximum atomic E-state index is 13.5. The number of amides is 3. The van der Waals surface area contributed by atoms with E-state index < -0.39 is 24.4 Å². The molecule has 35 heavy (non-hydrogen) atoms. The molecule has 1 atom stereocenters. The van der Waals surface area contributed by atoms with E-state index >= 15 is 0 Å². The lowest BCUT2D eigenvalue weighted by Crippen LogP contribution is -2.64. The third-order valence-corrected chi connectivity index (χ3v) is 7.29. The second kappa shape index (κ2) is 11.6. The third-order valence-electron chi connectivity index (χ3n) is 7.29. The summed E-state index contributed by atoms with van der Waals surface area (Å²) in [5, 5.41) is 8.91. The largest absolute Gasteiger partial charge is 0.325 e. The number of urea groups is 1. The van der Waals surface area contributed by atoms with Crippen molar-refractivity contribution >= 4 is 17.6 Å². The summed E-state index contributed by atoms with van der Waals surface area (Å²) in [4.78, 5) is 36.4. The number of halogens is 1. The predicted octanol–water partition coefficient (Wildman–Crippen LogP) is -0.716. The van der Waals surface area contributed by atoms with Gasteiger partial charge in [-0.25, -0.2) is 9.18 Å². The van der Waals surface area contributed by atoms with Gasteiger partial charge in [0, 0.05) is 58.6 Å². The number of likely N-dealkylation sites (tertiary alicyclic amines) is 1. The van der Waals surface area contributed by atoms with Crippen molar-refractivity contribution in [3.63, 3.8) is 0 Å². The Bertz CT molecular complexity index is 864. The first-order valence-electron chi connectivity index (χ1n) is 12.4. The summed E-state index contributed by atoms with van der Waals surface area (Å²) in [6.45, 7) is 4.93. The summed E-state index contributed by atoms with van der Waals surface area (Å²) < 4.78 is 13.5. The molecule has 11 nitrogen and oxygen atoms in total.